The second kappa shape index (κ2) is 13.2. The van der Waals surface area contributed by atoms with E-state index < -0.39 is 40.9 Å². The lowest BCUT2D eigenvalue weighted by atomic mass is 9.88. The normalized spacial score (nSPS) is 17.1. The average Bonchev–Trinajstić information content (AvgIpc) is 3.15. The van der Waals surface area contributed by atoms with E-state index in [0.717, 1.165) is 11.3 Å². The Bertz CT molecular complexity index is 1360. The van der Waals surface area contributed by atoms with Crippen molar-refractivity contribution in [2.24, 2.45) is 0 Å². The zero-order valence-corrected chi connectivity index (χ0v) is 29.3. The highest BCUT2D eigenvalue weighted by atomic mass is 35.5. The third-order valence-corrected chi connectivity index (χ3v) is 7.97. The van der Waals surface area contributed by atoms with Gasteiger partial charge in [0, 0.05) is 24.9 Å². The first-order valence-electron chi connectivity index (χ1n) is 14.7. The van der Waals surface area contributed by atoms with Crippen LogP contribution < -0.4 is 9.47 Å². The number of nitrogens with zero attached hydrogens (tertiary/aromatic N) is 1. The molecule has 1 atom stereocenters. The molecule has 1 aliphatic heterocycles. The van der Waals surface area contributed by atoms with Crippen LogP contribution in [0.15, 0.2) is 24.3 Å². The number of thiophene rings is 1. The minimum absolute atomic E-state index is 0.0642. The Morgan fingerprint density at radius 2 is 1.57 bits per heavy atom. The molecule has 44 heavy (non-hydrogen) atoms. The van der Waals surface area contributed by atoms with Crippen LogP contribution in [-0.2, 0) is 19.0 Å². The smallest absolute Gasteiger partial charge is 0.410 e. The SMILES string of the molecule is CC(C)(C)OC(=O)COc1c(C(=O)OC(C)(C)C)sc(-c2cccc(OC3CCN(C(=O)OC(C)(C)C)C(C)(C)C3)c2)c1Cl. The van der Waals surface area contributed by atoms with Crippen LogP contribution in [0.3, 0.4) is 0 Å². The Balaban J connectivity index is 1.84. The van der Waals surface area contributed by atoms with Gasteiger partial charge in [0.2, 0.25) is 0 Å². The van der Waals surface area contributed by atoms with Crippen molar-refractivity contribution in [2.75, 3.05) is 13.2 Å². The lowest BCUT2D eigenvalue weighted by Crippen LogP contribution is -2.56. The van der Waals surface area contributed by atoms with Gasteiger partial charge in [-0.3, -0.25) is 0 Å². The summed E-state index contributed by atoms with van der Waals surface area (Å²) in [4.78, 5) is 40.8. The molecule has 1 aromatic heterocycles. The number of hydrogen-bond donors (Lipinski definition) is 0. The first kappa shape index (κ1) is 35.5. The van der Waals surface area contributed by atoms with Crippen LogP contribution in [0, 0.1) is 0 Å². The molecule has 11 heteroatoms. The van der Waals surface area contributed by atoms with E-state index in [9.17, 15) is 14.4 Å². The predicted octanol–water partition coefficient (Wildman–Crippen LogP) is 8.30. The van der Waals surface area contributed by atoms with Crippen LogP contribution in [-0.4, -0.2) is 64.5 Å². The topological polar surface area (TPSA) is 101 Å². The summed E-state index contributed by atoms with van der Waals surface area (Å²) in [5, 5.41) is 0.184. The number of esters is 2. The minimum Gasteiger partial charge on any atom is -0.490 e. The molecule has 9 nitrogen and oxygen atoms in total. The van der Waals surface area contributed by atoms with Crippen LogP contribution >= 0.6 is 22.9 Å². The number of amides is 1. The maximum atomic E-state index is 13.2. The Kier molecular flexibility index (Phi) is 10.6. The molecule has 1 aromatic carbocycles. The van der Waals surface area contributed by atoms with E-state index >= 15 is 0 Å². The minimum atomic E-state index is -0.753. The Morgan fingerprint density at radius 1 is 0.955 bits per heavy atom. The van der Waals surface area contributed by atoms with Crippen LogP contribution in [0.4, 0.5) is 4.79 Å². The van der Waals surface area contributed by atoms with E-state index in [0.29, 0.717) is 35.6 Å². The lowest BCUT2D eigenvalue weighted by Gasteiger charge is -2.45. The number of rotatable bonds is 7. The van der Waals surface area contributed by atoms with Crippen molar-refractivity contribution in [1.29, 1.82) is 0 Å². The van der Waals surface area contributed by atoms with Gasteiger partial charge >= 0.3 is 18.0 Å². The standard InChI is InChI=1S/C33H46ClNO8S/c1-30(2,3)41-23(36)19-39-25-24(34)26(44-27(25)28(37)42-31(4,5)6)20-13-12-14-21(17-20)40-22-15-16-35(33(10,11)18-22)29(38)43-32(7,8)9/h12-14,17,22H,15-16,18-19H2,1-11H3. The molecule has 0 bridgehead atoms. The maximum absolute atomic E-state index is 13.2. The fraction of sp³-hybridized carbons (Fsp3) is 0.606. The Labute approximate surface area is 270 Å². The molecule has 0 N–H and O–H groups in total. The fourth-order valence-corrected chi connectivity index (χ4v) is 6.12. The van der Waals surface area contributed by atoms with Gasteiger partial charge in [0.25, 0.3) is 0 Å². The van der Waals surface area contributed by atoms with Crippen molar-refractivity contribution in [3.63, 3.8) is 0 Å². The summed E-state index contributed by atoms with van der Waals surface area (Å²) in [7, 11) is 0. The molecule has 1 aliphatic rings. The summed E-state index contributed by atoms with van der Waals surface area (Å²) in [6.45, 7) is 20.2. The van der Waals surface area contributed by atoms with Gasteiger partial charge < -0.3 is 28.6 Å². The van der Waals surface area contributed by atoms with Crippen molar-refractivity contribution in [3.05, 3.63) is 34.2 Å². The number of carbonyl (C=O) groups is 3. The molecular formula is C33H46ClNO8S. The number of piperidine rings is 1. The van der Waals surface area contributed by atoms with Crippen LogP contribution in [0.1, 0.15) is 98.7 Å². The summed E-state index contributed by atoms with van der Waals surface area (Å²) in [6, 6.07) is 7.40. The first-order chi connectivity index (χ1) is 20.0. The second-order valence-electron chi connectivity index (χ2n) is 14.5. The molecule has 1 amide bonds. The summed E-state index contributed by atoms with van der Waals surface area (Å²) >= 11 is 7.92. The molecule has 2 heterocycles. The van der Waals surface area contributed by atoms with Gasteiger partial charge in [0.05, 0.1) is 4.88 Å². The van der Waals surface area contributed by atoms with Crippen molar-refractivity contribution >= 4 is 41.0 Å². The van der Waals surface area contributed by atoms with E-state index in [1.54, 1.807) is 46.4 Å². The Hall–Kier alpha value is -2.98. The van der Waals surface area contributed by atoms with E-state index in [2.05, 4.69) is 0 Å². The molecule has 244 valence electrons. The van der Waals surface area contributed by atoms with Crippen LogP contribution in [0.5, 0.6) is 11.5 Å². The zero-order chi connectivity index (χ0) is 33.3. The molecule has 1 saturated heterocycles. The summed E-state index contributed by atoms with van der Waals surface area (Å²) < 4.78 is 28.7. The number of ether oxygens (including phenoxy) is 5. The van der Waals surface area contributed by atoms with Gasteiger partial charge in [-0.05, 0) is 93.9 Å². The molecule has 0 saturated carbocycles. The average molecular weight is 652 g/mol. The second-order valence-corrected chi connectivity index (χ2v) is 15.9. The van der Waals surface area contributed by atoms with Crippen molar-refractivity contribution in [1.82, 2.24) is 4.90 Å². The number of likely N-dealkylation sites (tertiary alicyclic amines) is 1. The molecule has 1 unspecified atom stereocenters. The number of halogens is 1. The summed E-state index contributed by atoms with van der Waals surface area (Å²) in [5.41, 5.74) is -1.78. The molecule has 0 aliphatic carbocycles. The highest BCUT2D eigenvalue weighted by molar-refractivity contribution is 7.18. The fourth-order valence-electron chi connectivity index (χ4n) is 4.68. The molecular weight excluding hydrogens is 606 g/mol. The maximum Gasteiger partial charge on any atom is 0.410 e. The van der Waals surface area contributed by atoms with Gasteiger partial charge in [-0.2, -0.15) is 0 Å². The molecule has 3 rings (SSSR count). The van der Waals surface area contributed by atoms with E-state index in [1.807, 2.05) is 58.9 Å². The van der Waals surface area contributed by atoms with Crippen molar-refractivity contribution in [2.45, 2.75) is 117 Å². The Morgan fingerprint density at radius 3 is 2.14 bits per heavy atom. The lowest BCUT2D eigenvalue weighted by molar-refractivity contribution is -0.157. The van der Waals surface area contributed by atoms with Crippen molar-refractivity contribution in [3.8, 4) is 21.9 Å². The monoisotopic (exact) mass is 651 g/mol. The number of hydrogen-bond acceptors (Lipinski definition) is 9. The largest absolute Gasteiger partial charge is 0.490 e. The van der Waals surface area contributed by atoms with Crippen LogP contribution in [0.25, 0.3) is 10.4 Å². The predicted molar refractivity (Wildman–Crippen MR) is 172 cm³/mol. The van der Waals surface area contributed by atoms with E-state index in [1.165, 1.54) is 0 Å². The quantitative estimate of drug-likeness (QED) is 0.218. The third kappa shape index (κ3) is 10.0. The molecule has 0 spiro atoms. The van der Waals surface area contributed by atoms with Crippen LogP contribution in [0.2, 0.25) is 5.02 Å². The highest BCUT2D eigenvalue weighted by Gasteiger charge is 2.40. The molecule has 2 aromatic rings. The number of carbonyl (C=O) groups excluding carboxylic acids is 3. The van der Waals surface area contributed by atoms with Crippen molar-refractivity contribution < 1.29 is 38.1 Å². The highest BCUT2D eigenvalue weighted by Crippen LogP contribution is 2.47. The molecule has 1 fully saturated rings. The van der Waals surface area contributed by atoms with Gasteiger partial charge in [-0.15, -0.1) is 11.3 Å². The molecule has 0 radical (unpaired) electrons. The van der Waals surface area contributed by atoms with Gasteiger partial charge in [0.15, 0.2) is 17.2 Å². The third-order valence-electron chi connectivity index (χ3n) is 6.29. The van der Waals surface area contributed by atoms with Gasteiger partial charge in [-0.1, -0.05) is 23.7 Å². The summed E-state index contributed by atoms with van der Waals surface area (Å²) in [6.07, 6.45) is 0.781. The van der Waals surface area contributed by atoms with Gasteiger partial charge in [-0.25, -0.2) is 14.4 Å². The van der Waals surface area contributed by atoms with Gasteiger partial charge in [0.1, 0.15) is 33.7 Å². The van der Waals surface area contributed by atoms with E-state index in [4.69, 9.17) is 35.3 Å². The first-order valence-corrected chi connectivity index (χ1v) is 15.9. The zero-order valence-electron chi connectivity index (χ0n) is 27.7. The van der Waals surface area contributed by atoms with E-state index in [-0.39, 0.29) is 27.8 Å². The summed E-state index contributed by atoms with van der Waals surface area (Å²) in [5.74, 6) is -0.517. The number of benzene rings is 1.